The molecule has 1 aromatic carbocycles. The zero-order chi connectivity index (χ0) is 22.1. The highest BCUT2D eigenvalue weighted by Gasteiger charge is 2.35. The molecule has 0 bridgehead atoms. The van der Waals surface area contributed by atoms with Crippen molar-refractivity contribution >= 4 is 20.0 Å². The normalized spacial score (nSPS) is 17.1. The van der Waals surface area contributed by atoms with E-state index in [0.29, 0.717) is 30.2 Å². The number of ether oxygens (including phenoxy) is 1. The second kappa shape index (κ2) is 8.66. The van der Waals surface area contributed by atoms with Gasteiger partial charge < -0.3 is 4.74 Å². The zero-order valence-electron chi connectivity index (χ0n) is 17.7. The Hall–Kier alpha value is -1.95. The monoisotopic (exact) mass is 456 g/mol. The van der Waals surface area contributed by atoms with Gasteiger partial charge >= 0.3 is 0 Å². The molecular formula is C19H28N4O5S2. The number of hydrogen-bond acceptors (Lipinski definition) is 6. The van der Waals surface area contributed by atoms with Crippen LogP contribution in [0.2, 0.25) is 0 Å². The molecule has 0 spiro atoms. The van der Waals surface area contributed by atoms with Crippen LogP contribution < -0.4 is 4.74 Å². The van der Waals surface area contributed by atoms with Gasteiger partial charge in [0.1, 0.15) is 15.5 Å². The third-order valence-electron chi connectivity index (χ3n) is 5.22. The average Bonchev–Trinajstić information content (AvgIpc) is 2.87. The van der Waals surface area contributed by atoms with E-state index in [1.54, 1.807) is 50.7 Å². The van der Waals surface area contributed by atoms with Gasteiger partial charge in [0.05, 0.1) is 18.0 Å². The maximum absolute atomic E-state index is 13.2. The largest absolute Gasteiger partial charge is 0.492 e. The number of benzene rings is 1. The molecule has 0 aliphatic carbocycles. The summed E-state index contributed by atoms with van der Waals surface area (Å²) in [5, 5.41) is 4.21. The van der Waals surface area contributed by atoms with Crippen LogP contribution in [0.5, 0.6) is 5.75 Å². The fourth-order valence-electron chi connectivity index (χ4n) is 3.68. The average molecular weight is 457 g/mol. The fourth-order valence-corrected chi connectivity index (χ4v) is 7.16. The summed E-state index contributed by atoms with van der Waals surface area (Å²) in [5.74, 6) is 0.301. The molecule has 9 nitrogen and oxygen atoms in total. The highest BCUT2D eigenvalue weighted by Crippen LogP contribution is 2.29. The van der Waals surface area contributed by atoms with Crippen LogP contribution in [0.4, 0.5) is 0 Å². The van der Waals surface area contributed by atoms with Crippen LogP contribution in [0.25, 0.3) is 0 Å². The molecule has 166 valence electrons. The SMILES string of the molecule is CCOc1ccccc1S(=O)(=O)N1CCCN(S(=O)(=O)c2c(C)nn(C)c2C)CC1. The lowest BCUT2D eigenvalue weighted by Crippen LogP contribution is -2.37. The molecule has 11 heteroatoms. The molecule has 1 aromatic heterocycles. The van der Waals surface area contributed by atoms with Crippen LogP contribution in [-0.2, 0) is 27.1 Å². The summed E-state index contributed by atoms with van der Waals surface area (Å²) < 4.78 is 62.7. The van der Waals surface area contributed by atoms with Gasteiger partial charge in [-0.05, 0) is 39.3 Å². The molecule has 0 atom stereocenters. The molecule has 0 radical (unpaired) electrons. The van der Waals surface area contributed by atoms with E-state index in [2.05, 4.69) is 5.10 Å². The molecule has 2 aromatic rings. The van der Waals surface area contributed by atoms with Gasteiger partial charge in [0.25, 0.3) is 0 Å². The van der Waals surface area contributed by atoms with Crippen molar-refractivity contribution in [3.63, 3.8) is 0 Å². The summed E-state index contributed by atoms with van der Waals surface area (Å²) >= 11 is 0. The highest BCUT2D eigenvalue weighted by atomic mass is 32.2. The minimum absolute atomic E-state index is 0.0698. The molecule has 1 saturated heterocycles. The number of aryl methyl sites for hydroxylation is 2. The molecule has 1 aliphatic rings. The lowest BCUT2D eigenvalue weighted by molar-refractivity contribution is 0.328. The lowest BCUT2D eigenvalue weighted by Gasteiger charge is -2.22. The molecule has 3 rings (SSSR count). The maximum atomic E-state index is 13.2. The minimum atomic E-state index is -3.81. The molecule has 30 heavy (non-hydrogen) atoms. The summed E-state index contributed by atoms with van der Waals surface area (Å²) in [7, 11) is -5.88. The summed E-state index contributed by atoms with van der Waals surface area (Å²) in [6, 6.07) is 6.51. The third kappa shape index (κ3) is 4.11. The number of aromatic nitrogens is 2. The van der Waals surface area contributed by atoms with E-state index in [1.807, 2.05) is 0 Å². The molecule has 0 amide bonds. The first kappa shape index (κ1) is 22.7. The Bertz CT molecular complexity index is 1130. The van der Waals surface area contributed by atoms with Crippen molar-refractivity contribution in [2.24, 2.45) is 7.05 Å². The molecule has 0 N–H and O–H groups in total. The van der Waals surface area contributed by atoms with Crippen LogP contribution in [-0.4, -0.2) is 68.0 Å². The first-order chi connectivity index (χ1) is 14.1. The van der Waals surface area contributed by atoms with Gasteiger partial charge in [-0.15, -0.1) is 0 Å². The summed E-state index contributed by atoms with van der Waals surface area (Å²) in [5.41, 5.74) is 1.00. The van der Waals surface area contributed by atoms with Crippen molar-refractivity contribution in [2.75, 3.05) is 32.8 Å². The summed E-state index contributed by atoms with van der Waals surface area (Å²) in [6.45, 7) is 6.15. The predicted octanol–water partition coefficient (Wildman–Crippen LogP) is 1.52. The highest BCUT2D eigenvalue weighted by molar-refractivity contribution is 7.89. The van der Waals surface area contributed by atoms with E-state index >= 15 is 0 Å². The quantitative estimate of drug-likeness (QED) is 0.653. The third-order valence-corrected chi connectivity index (χ3v) is 9.31. The van der Waals surface area contributed by atoms with Gasteiger partial charge in [-0.25, -0.2) is 16.8 Å². The number of hydrogen-bond donors (Lipinski definition) is 0. The smallest absolute Gasteiger partial charge is 0.246 e. The minimum Gasteiger partial charge on any atom is -0.492 e. The molecule has 0 saturated carbocycles. The van der Waals surface area contributed by atoms with Gasteiger partial charge in [0.2, 0.25) is 20.0 Å². The van der Waals surface area contributed by atoms with Crippen LogP contribution in [0, 0.1) is 13.8 Å². The Morgan fingerprint density at radius 1 is 0.967 bits per heavy atom. The van der Waals surface area contributed by atoms with Gasteiger partial charge in [0, 0.05) is 33.2 Å². The van der Waals surface area contributed by atoms with Crippen LogP contribution in [0.3, 0.4) is 0 Å². The van der Waals surface area contributed by atoms with E-state index in [-0.39, 0.29) is 36.0 Å². The molecule has 2 heterocycles. The first-order valence-corrected chi connectivity index (χ1v) is 12.7. The molecule has 1 fully saturated rings. The van der Waals surface area contributed by atoms with Crippen molar-refractivity contribution in [3.8, 4) is 5.75 Å². The van der Waals surface area contributed by atoms with Gasteiger partial charge in [-0.1, -0.05) is 12.1 Å². The summed E-state index contributed by atoms with van der Waals surface area (Å²) in [6.07, 6.45) is 0.396. The van der Waals surface area contributed by atoms with Crippen LogP contribution >= 0.6 is 0 Å². The number of nitrogens with zero attached hydrogens (tertiary/aromatic N) is 4. The Kier molecular flexibility index (Phi) is 6.56. The maximum Gasteiger partial charge on any atom is 0.246 e. The number of sulfonamides is 2. The van der Waals surface area contributed by atoms with Gasteiger partial charge in [0.15, 0.2) is 0 Å². The topological polar surface area (TPSA) is 102 Å². The van der Waals surface area contributed by atoms with E-state index < -0.39 is 20.0 Å². The van der Waals surface area contributed by atoms with Crippen LogP contribution in [0.15, 0.2) is 34.1 Å². The Balaban J connectivity index is 1.86. The zero-order valence-corrected chi connectivity index (χ0v) is 19.3. The van der Waals surface area contributed by atoms with Crippen molar-refractivity contribution in [1.29, 1.82) is 0 Å². The standard InChI is InChI=1S/C19H28N4O5S2/c1-5-28-17-9-6-7-10-18(17)29(24,25)22-11-8-12-23(14-13-22)30(26,27)19-15(2)20-21(4)16(19)3/h6-7,9-10H,5,8,11-14H2,1-4H3. The Labute approximate surface area is 178 Å². The summed E-state index contributed by atoms with van der Waals surface area (Å²) in [4.78, 5) is 0.296. The molecule has 1 aliphatic heterocycles. The lowest BCUT2D eigenvalue weighted by atomic mass is 10.3. The second-order valence-electron chi connectivity index (χ2n) is 7.17. The van der Waals surface area contributed by atoms with E-state index in [4.69, 9.17) is 4.74 Å². The molecule has 0 unspecified atom stereocenters. The number of para-hydroxylation sites is 1. The number of rotatable bonds is 6. The second-order valence-corrected chi connectivity index (χ2v) is 10.9. The van der Waals surface area contributed by atoms with Gasteiger partial charge in [-0.3, -0.25) is 4.68 Å². The van der Waals surface area contributed by atoms with Gasteiger partial charge in [-0.2, -0.15) is 13.7 Å². The van der Waals surface area contributed by atoms with Crippen molar-refractivity contribution in [3.05, 3.63) is 35.7 Å². The van der Waals surface area contributed by atoms with E-state index in [0.717, 1.165) is 0 Å². The van der Waals surface area contributed by atoms with Crippen LogP contribution in [0.1, 0.15) is 24.7 Å². The Morgan fingerprint density at radius 3 is 2.13 bits per heavy atom. The molecular weight excluding hydrogens is 428 g/mol. The van der Waals surface area contributed by atoms with E-state index in [9.17, 15) is 16.8 Å². The fraction of sp³-hybridized carbons (Fsp3) is 0.526. The first-order valence-electron chi connectivity index (χ1n) is 9.83. The van der Waals surface area contributed by atoms with Crippen molar-refractivity contribution < 1.29 is 21.6 Å². The van der Waals surface area contributed by atoms with Crippen molar-refractivity contribution in [1.82, 2.24) is 18.4 Å². The Morgan fingerprint density at radius 2 is 1.57 bits per heavy atom. The van der Waals surface area contributed by atoms with E-state index in [1.165, 1.54) is 14.7 Å². The predicted molar refractivity (Wildman–Crippen MR) is 112 cm³/mol. The van der Waals surface area contributed by atoms with Crippen molar-refractivity contribution in [2.45, 2.75) is 37.0 Å².